The Labute approximate surface area is 83.7 Å². The van der Waals surface area contributed by atoms with Crippen LogP contribution in [-0.4, -0.2) is 30.4 Å². The maximum Gasteiger partial charge on any atom is 0.0666 e. The van der Waals surface area contributed by atoms with E-state index in [0.717, 1.165) is 18.4 Å². The summed E-state index contributed by atoms with van der Waals surface area (Å²) in [5.74, 6) is 0.790. The second-order valence-electron chi connectivity index (χ2n) is 3.51. The number of nitrogens with zero attached hydrogens (tertiary/aromatic N) is 2. The Hall–Kier alpha value is -0.0700. The summed E-state index contributed by atoms with van der Waals surface area (Å²) in [6.07, 6.45) is 0. The number of halogens is 1. The molecule has 0 spiro atoms. The van der Waals surface area contributed by atoms with Crippen LogP contribution in [0, 0.1) is 23.2 Å². The van der Waals surface area contributed by atoms with Gasteiger partial charge in [-0.3, -0.25) is 0 Å². The molecule has 3 heteroatoms. The molecule has 0 aliphatic carbocycles. The first-order chi connectivity index (χ1) is 5.60. The second kappa shape index (κ2) is 6.45. The third-order valence-electron chi connectivity index (χ3n) is 1.69. The van der Waals surface area contributed by atoms with Crippen molar-refractivity contribution in [3.05, 3.63) is 0 Å². The monoisotopic (exact) mass is 232 g/mol. The lowest BCUT2D eigenvalue weighted by molar-refractivity contribution is 0.279. The molecule has 0 fully saturated rings. The van der Waals surface area contributed by atoms with Gasteiger partial charge in [-0.05, 0) is 19.9 Å². The summed E-state index contributed by atoms with van der Waals surface area (Å²) in [6.45, 7) is 6.07. The maximum absolute atomic E-state index is 8.59. The number of nitriles is 1. The van der Waals surface area contributed by atoms with Gasteiger partial charge in [0.05, 0.1) is 12.0 Å². The molecule has 12 heavy (non-hydrogen) atoms. The van der Waals surface area contributed by atoms with E-state index in [4.69, 9.17) is 5.26 Å². The minimum absolute atomic E-state index is 0.137. The molecule has 0 aliphatic rings. The lowest BCUT2D eigenvalue weighted by atomic mass is 10.1. The minimum Gasteiger partial charge on any atom is -0.305 e. The van der Waals surface area contributed by atoms with E-state index in [1.165, 1.54) is 0 Å². The molecule has 0 N–H and O–H groups in total. The Morgan fingerprint density at radius 2 is 2.00 bits per heavy atom. The summed E-state index contributed by atoms with van der Waals surface area (Å²) >= 11 is 3.43. The van der Waals surface area contributed by atoms with Gasteiger partial charge in [-0.2, -0.15) is 5.26 Å². The fourth-order valence-electron chi connectivity index (χ4n) is 1.16. The lowest BCUT2D eigenvalue weighted by Crippen LogP contribution is -2.28. The van der Waals surface area contributed by atoms with Crippen molar-refractivity contribution in [2.24, 2.45) is 11.8 Å². The Morgan fingerprint density at radius 3 is 2.42 bits per heavy atom. The van der Waals surface area contributed by atoms with Crippen LogP contribution in [0.15, 0.2) is 0 Å². The summed E-state index contributed by atoms with van der Waals surface area (Å²) < 4.78 is 0. The second-order valence-corrected chi connectivity index (χ2v) is 4.16. The van der Waals surface area contributed by atoms with Gasteiger partial charge in [-0.15, -0.1) is 0 Å². The van der Waals surface area contributed by atoms with Crippen LogP contribution >= 0.6 is 15.9 Å². The quantitative estimate of drug-likeness (QED) is 0.680. The topological polar surface area (TPSA) is 27.0 Å². The highest BCUT2D eigenvalue weighted by molar-refractivity contribution is 9.09. The molecule has 0 radical (unpaired) electrons. The first-order valence-corrected chi connectivity index (χ1v) is 5.36. The normalized spacial score (nSPS) is 15.7. The van der Waals surface area contributed by atoms with Gasteiger partial charge in [-0.1, -0.05) is 22.9 Å². The molecule has 0 rings (SSSR count). The molecule has 0 aromatic heterocycles. The molecule has 2 nitrogen and oxygen atoms in total. The first-order valence-electron chi connectivity index (χ1n) is 4.24. The van der Waals surface area contributed by atoms with Gasteiger partial charge in [0.15, 0.2) is 0 Å². The molecule has 2 atom stereocenters. The van der Waals surface area contributed by atoms with Crippen LogP contribution in [0.1, 0.15) is 13.8 Å². The van der Waals surface area contributed by atoms with Gasteiger partial charge in [-0.25, -0.2) is 0 Å². The van der Waals surface area contributed by atoms with Crippen molar-refractivity contribution in [2.45, 2.75) is 13.8 Å². The number of hydrogen-bond donors (Lipinski definition) is 0. The molecule has 70 valence electrons. The molecule has 2 unspecified atom stereocenters. The third kappa shape index (κ3) is 5.56. The molecule has 0 aliphatic heterocycles. The number of hydrogen-bond acceptors (Lipinski definition) is 2. The highest BCUT2D eigenvalue weighted by Crippen LogP contribution is 2.04. The van der Waals surface area contributed by atoms with E-state index < -0.39 is 0 Å². The van der Waals surface area contributed by atoms with Crippen molar-refractivity contribution in [2.75, 3.05) is 25.5 Å². The molecular formula is C9H17BrN2. The van der Waals surface area contributed by atoms with Crippen LogP contribution in [0.5, 0.6) is 0 Å². The predicted molar refractivity (Wildman–Crippen MR) is 55.2 cm³/mol. The van der Waals surface area contributed by atoms with Gasteiger partial charge in [0.25, 0.3) is 0 Å². The number of rotatable bonds is 5. The highest BCUT2D eigenvalue weighted by Gasteiger charge is 2.07. The molecule has 0 amide bonds. The van der Waals surface area contributed by atoms with Crippen LogP contribution in [0.4, 0.5) is 0 Å². The van der Waals surface area contributed by atoms with Gasteiger partial charge in [0.1, 0.15) is 0 Å². The van der Waals surface area contributed by atoms with E-state index in [0.29, 0.717) is 5.92 Å². The highest BCUT2D eigenvalue weighted by atomic mass is 79.9. The van der Waals surface area contributed by atoms with Crippen LogP contribution in [0.25, 0.3) is 0 Å². The van der Waals surface area contributed by atoms with E-state index in [9.17, 15) is 0 Å². The third-order valence-corrected chi connectivity index (χ3v) is 2.80. The molecule has 0 saturated carbocycles. The zero-order valence-corrected chi connectivity index (χ0v) is 9.63. The standard InChI is InChI=1S/C9H17BrN2/c1-8(4-10)6-12(3)7-9(2)5-11/h8-9H,4,6-7H2,1-3H3. The summed E-state index contributed by atoms with van der Waals surface area (Å²) in [7, 11) is 2.06. The summed E-state index contributed by atoms with van der Waals surface area (Å²) in [5.41, 5.74) is 0. The summed E-state index contributed by atoms with van der Waals surface area (Å²) in [5, 5.41) is 9.62. The number of alkyl halides is 1. The van der Waals surface area contributed by atoms with Crippen molar-refractivity contribution in [3.8, 4) is 6.07 Å². The van der Waals surface area contributed by atoms with Crippen LogP contribution < -0.4 is 0 Å². The van der Waals surface area contributed by atoms with Crippen LogP contribution in [0.3, 0.4) is 0 Å². The van der Waals surface area contributed by atoms with Gasteiger partial charge >= 0.3 is 0 Å². The zero-order valence-electron chi connectivity index (χ0n) is 8.05. The van der Waals surface area contributed by atoms with Crippen molar-refractivity contribution in [1.29, 1.82) is 5.26 Å². The Morgan fingerprint density at radius 1 is 1.42 bits per heavy atom. The van der Waals surface area contributed by atoms with Crippen molar-refractivity contribution in [3.63, 3.8) is 0 Å². The molecule has 0 heterocycles. The van der Waals surface area contributed by atoms with Gasteiger partial charge < -0.3 is 4.90 Å². The van der Waals surface area contributed by atoms with Crippen LogP contribution in [-0.2, 0) is 0 Å². The van der Waals surface area contributed by atoms with Crippen LogP contribution in [0.2, 0.25) is 0 Å². The average molecular weight is 233 g/mol. The van der Waals surface area contributed by atoms with Crippen molar-refractivity contribution < 1.29 is 0 Å². The predicted octanol–water partition coefficient (Wildman–Crippen LogP) is 2.11. The Kier molecular flexibility index (Phi) is 6.41. The Balaban J connectivity index is 3.60. The molecule has 0 bridgehead atoms. The molecular weight excluding hydrogens is 216 g/mol. The summed E-state index contributed by atoms with van der Waals surface area (Å²) in [6, 6.07) is 2.23. The van der Waals surface area contributed by atoms with Gasteiger partial charge in [0.2, 0.25) is 0 Å². The maximum atomic E-state index is 8.59. The smallest absolute Gasteiger partial charge is 0.0666 e. The first kappa shape index (κ1) is 11.9. The fraction of sp³-hybridized carbons (Fsp3) is 0.889. The fourth-order valence-corrected chi connectivity index (χ4v) is 1.37. The minimum atomic E-state index is 0.137. The van der Waals surface area contributed by atoms with E-state index in [-0.39, 0.29) is 5.92 Å². The lowest BCUT2D eigenvalue weighted by Gasteiger charge is -2.20. The van der Waals surface area contributed by atoms with E-state index >= 15 is 0 Å². The molecule has 0 aromatic carbocycles. The summed E-state index contributed by atoms with van der Waals surface area (Å²) in [4.78, 5) is 2.21. The van der Waals surface area contributed by atoms with E-state index in [2.05, 4.69) is 40.9 Å². The SMILES string of the molecule is CC(C#N)CN(C)CC(C)CBr. The van der Waals surface area contributed by atoms with Crippen molar-refractivity contribution >= 4 is 15.9 Å². The van der Waals surface area contributed by atoms with Gasteiger partial charge in [0, 0.05) is 18.4 Å². The van der Waals surface area contributed by atoms with Crippen molar-refractivity contribution in [1.82, 2.24) is 4.90 Å². The Bertz CT molecular complexity index is 153. The molecule has 0 aromatic rings. The van der Waals surface area contributed by atoms with E-state index in [1.807, 2.05) is 6.92 Å². The average Bonchev–Trinajstić information content (AvgIpc) is 2.03. The largest absolute Gasteiger partial charge is 0.305 e. The molecule has 0 saturated heterocycles. The zero-order chi connectivity index (χ0) is 9.56. The van der Waals surface area contributed by atoms with E-state index in [1.54, 1.807) is 0 Å².